The molecule has 0 saturated heterocycles. The van der Waals surface area contributed by atoms with Gasteiger partial charge in [-0.2, -0.15) is 5.10 Å². The Morgan fingerprint density at radius 2 is 2.00 bits per heavy atom. The summed E-state index contributed by atoms with van der Waals surface area (Å²) in [6.45, 7) is 4.17. The Morgan fingerprint density at radius 3 is 2.68 bits per heavy atom. The van der Waals surface area contributed by atoms with Crippen LogP contribution in [0.2, 0.25) is 0 Å². The van der Waals surface area contributed by atoms with Gasteiger partial charge in [-0.1, -0.05) is 26.0 Å². The minimum atomic E-state index is -0.231. The first-order valence-electron chi connectivity index (χ1n) is 8.19. The zero-order valence-corrected chi connectivity index (χ0v) is 14.5. The van der Waals surface area contributed by atoms with Gasteiger partial charge in [0.1, 0.15) is 18.7 Å². The number of fused-ring (bicyclic) bond motifs is 1. The Kier molecular flexibility index (Phi) is 4.65. The Morgan fingerprint density at radius 1 is 1.24 bits per heavy atom. The van der Waals surface area contributed by atoms with Gasteiger partial charge in [0.25, 0.3) is 0 Å². The van der Waals surface area contributed by atoms with Gasteiger partial charge < -0.3 is 9.88 Å². The number of carbonyl (C=O) groups excluding carboxylic acids is 1. The highest BCUT2D eigenvalue weighted by atomic mass is 16.2. The van der Waals surface area contributed by atoms with E-state index in [1.807, 2.05) is 32.0 Å². The molecule has 0 fully saturated rings. The van der Waals surface area contributed by atoms with Crippen molar-refractivity contribution in [1.29, 1.82) is 0 Å². The van der Waals surface area contributed by atoms with E-state index in [1.165, 1.54) is 12.4 Å². The summed E-state index contributed by atoms with van der Waals surface area (Å²) in [5.41, 5.74) is 0.691. The molecule has 1 amide bonds. The largest absolute Gasteiger partial charge is 0.344 e. The molecule has 3 aromatic rings. The molecule has 1 aromatic carbocycles. The van der Waals surface area contributed by atoms with Crippen LogP contribution in [0.1, 0.15) is 25.7 Å². The van der Waals surface area contributed by atoms with Gasteiger partial charge in [-0.05, 0) is 18.1 Å². The average Bonchev–Trinajstić information content (AvgIpc) is 3.01. The zero-order valence-electron chi connectivity index (χ0n) is 14.5. The van der Waals surface area contributed by atoms with Crippen LogP contribution in [0, 0.1) is 5.92 Å². The molecule has 0 aliphatic carbocycles. The van der Waals surface area contributed by atoms with E-state index in [4.69, 9.17) is 0 Å². The number of hydrogen-bond acceptors (Lipinski definition) is 4. The summed E-state index contributed by atoms with van der Waals surface area (Å²) in [6, 6.07) is 8.53. The maximum Gasteiger partial charge on any atom is 0.240 e. The Labute approximate surface area is 145 Å². The summed E-state index contributed by atoms with van der Waals surface area (Å²) in [5, 5.41) is 7.71. The van der Waals surface area contributed by atoms with E-state index in [0.717, 1.165) is 5.52 Å². The van der Waals surface area contributed by atoms with Crippen molar-refractivity contribution in [1.82, 2.24) is 24.6 Å². The van der Waals surface area contributed by atoms with Crippen molar-refractivity contribution in [2.24, 2.45) is 13.0 Å². The predicted molar refractivity (Wildman–Crippen MR) is 94.9 cm³/mol. The Bertz CT molecular complexity index is 957. The third-order valence-electron chi connectivity index (χ3n) is 4.21. The maximum absolute atomic E-state index is 12.6. The molecular formula is C18H21N5O2. The van der Waals surface area contributed by atoms with Crippen LogP contribution in [-0.2, 0) is 18.4 Å². The summed E-state index contributed by atoms with van der Waals surface area (Å²) in [6.07, 6.45) is 3.13. The first-order valence-corrected chi connectivity index (χ1v) is 8.19. The quantitative estimate of drug-likeness (QED) is 0.766. The number of pyridine rings is 1. The molecule has 1 unspecified atom stereocenters. The van der Waals surface area contributed by atoms with Crippen molar-refractivity contribution in [3.05, 3.63) is 58.9 Å². The highest BCUT2D eigenvalue weighted by Gasteiger charge is 2.22. The molecule has 0 saturated carbocycles. The van der Waals surface area contributed by atoms with Gasteiger partial charge in [0.2, 0.25) is 5.91 Å². The molecule has 0 bridgehead atoms. The molecule has 0 aliphatic heterocycles. The molecule has 3 rings (SSSR count). The van der Waals surface area contributed by atoms with Crippen LogP contribution < -0.4 is 10.7 Å². The second-order valence-electron chi connectivity index (χ2n) is 6.36. The number of hydrogen-bond donors (Lipinski definition) is 1. The first kappa shape index (κ1) is 16.9. The number of aromatic nitrogens is 4. The van der Waals surface area contributed by atoms with Crippen LogP contribution >= 0.6 is 0 Å². The molecule has 0 spiro atoms. The summed E-state index contributed by atoms with van der Waals surface area (Å²) in [4.78, 5) is 28.8. The third-order valence-corrected chi connectivity index (χ3v) is 4.21. The normalized spacial score (nSPS) is 12.5. The number of para-hydroxylation sites is 1. The lowest BCUT2D eigenvalue weighted by molar-refractivity contribution is -0.122. The number of nitrogens with one attached hydrogen (secondary N) is 1. The molecule has 130 valence electrons. The fraction of sp³-hybridized carbons (Fsp3) is 0.333. The molecule has 1 atom stereocenters. The second-order valence-corrected chi connectivity index (χ2v) is 6.36. The Hall–Kier alpha value is -2.96. The summed E-state index contributed by atoms with van der Waals surface area (Å²) >= 11 is 0. The number of benzene rings is 1. The monoisotopic (exact) mass is 339 g/mol. The highest BCUT2D eigenvalue weighted by Crippen LogP contribution is 2.19. The van der Waals surface area contributed by atoms with Gasteiger partial charge in [0.05, 0.1) is 11.6 Å². The van der Waals surface area contributed by atoms with Crippen molar-refractivity contribution in [3.63, 3.8) is 0 Å². The number of amides is 1. The highest BCUT2D eigenvalue weighted by molar-refractivity contribution is 5.82. The van der Waals surface area contributed by atoms with E-state index in [1.54, 1.807) is 28.6 Å². The number of carbonyl (C=O) groups is 1. The minimum Gasteiger partial charge on any atom is -0.344 e. The smallest absolute Gasteiger partial charge is 0.240 e. The number of nitrogens with zero attached hydrogens (tertiary/aromatic N) is 4. The van der Waals surface area contributed by atoms with E-state index < -0.39 is 0 Å². The van der Waals surface area contributed by atoms with Gasteiger partial charge in [-0.25, -0.2) is 4.98 Å². The van der Waals surface area contributed by atoms with E-state index in [0.29, 0.717) is 11.2 Å². The molecule has 0 aliphatic rings. The predicted octanol–water partition coefficient (Wildman–Crippen LogP) is 1.64. The zero-order chi connectivity index (χ0) is 18.0. The van der Waals surface area contributed by atoms with Crippen LogP contribution in [0.25, 0.3) is 10.9 Å². The molecule has 7 nitrogen and oxygen atoms in total. The lowest BCUT2D eigenvalue weighted by Crippen LogP contribution is -2.36. The molecule has 1 N–H and O–H groups in total. The second kappa shape index (κ2) is 6.88. The van der Waals surface area contributed by atoms with Gasteiger partial charge in [-0.15, -0.1) is 0 Å². The third kappa shape index (κ3) is 3.45. The summed E-state index contributed by atoms with van der Waals surface area (Å²) in [7, 11) is 1.80. The molecular weight excluding hydrogens is 318 g/mol. The fourth-order valence-electron chi connectivity index (χ4n) is 2.89. The lowest BCUT2D eigenvalue weighted by Gasteiger charge is -2.22. The number of aryl methyl sites for hydroxylation is 1. The van der Waals surface area contributed by atoms with Gasteiger partial charge in [0, 0.05) is 24.7 Å². The summed E-state index contributed by atoms with van der Waals surface area (Å²) < 4.78 is 3.44. The van der Waals surface area contributed by atoms with Crippen molar-refractivity contribution in [3.8, 4) is 0 Å². The lowest BCUT2D eigenvalue weighted by atomic mass is 10.0. The van der Waals surface area contributed by atoms with Crippen molar-refractivity contribution >= 4 is 16.8 Å². The summed E-state index contributed by atoms with van der Waals surface area (Å²) in [5.74, 6) is 0.737. The van der Waals surface area contributed by atoms with Gasteiger partial charge >= 0.3 is 0 Å². The molecule has 0 radical (unpaired) electrons. The molecule has 2 aromatic heterocycles. The maximum atomic E-state index is 12.6. The molecule has 25 heavy (non-hydrogen) atoms. The fourth-order valence-corrected chi connectivity index (χ4v) is 2.89. The topological polar surface area (TPSA) is 81.8 Å². The standard InChI is InChI=1S/C18H21N5O2/c1-12(2)17(18-19-11-20-22(18)3)21-16(25)10-23-9-8-15(24)13-6-4-5-7-14(13)23/h4-9,11-12,17H,10H2,1-3H3,(H,21,25). The van der Waals surface area contributed by atoms with E-state index >= 15 is 0 Å². The molecule has 7 heteroatoms. The molecule has 2 heterocycles. The average molecular weight is 339 g/mol. The minimum absolute atomic E-state index is 0.0496. The van der Waals surface area contributed by atoms with E-state index in [2.05, 4.69) is 15.4 Å². The van der Waals surface area contributed by atoms with Crippen LogP contribution in [0.4, 0.5) is 0 Å². The van der Waals surface area contributed by atoms with E-state index in [-0.39, 0.29) is 29.8 Å². The van der Waals surface area contributed by atoms with Crippen LogP contribution in [-0.4, -0.2) is 25.2 Å². The van der Waals surface area contributed by atoms with Crippen molar-refractivity contribution < 1.29 is 4.79 Å². The Balaban J connectivity index is 1.84. The number of rotatable bonds is 5. The van der Waals surface area contributed by atoms with Gasteiger partial charge in [-0.3, -0.25) is 14.3 Å². The van der Waals surface area contributed by atoms with Gasteiger partial charge in [0.15, 0.2) is 5.43 Å². The van der Waals surface area contributed by atoms with E-state index in [9.17, 15) is 9.59 Å². The van der Waals surface area contributed by atoms with Crippen LogP contribution in [0.5, 0.6) is 0 Å². The van der Waals surface area contributed by atoms with Crippen LogP contribution in [0.3, 0.4) is 0 Å². The SMILES string of the molecule is CC(C)C(NC(=O)Cn1ccc(=O)c2ccccc21)c1ncnn1C. The van der Waals surface area contributed by atoms with Crippen molar-refractivity contribution in [2.75, 3.05) is 0 Å². The van der Waals surface area contributed by atoms with Crippen LogP contribution in [0.15, 0.2) is 47.7 Å². The van der Waals surface area contributed by atoms with Crippen molar-refractivity contribution in [2.45, 2.75) is 26.4 Å². The first-order chi connectivity index (χ1) is 12.0.